The summed E-state index contributed by atoms with van der Waals surface area (Å²) < 4.78 is 13.5. The van der Waals surface area contributed by atoms with Crippen LogP contribution >= 0.6 is 0 Å². The van der Waals surface area contributed by atoms with E-state index < -0.39 is 0 Å². The lowest BCUT2D eigenvalue weighted by molar-refractivity contribution is 0.412. The molecule has 0 heterocycles. The Bertz CT molecular complexity index is 316. The summed E-state index contributed by atoms with van der Waals surface area (Å²) in [6.45, 7) is 7.51. The third-order valence-corrected chi connectivity index (χ3v) is 3.01. The predicted octanol–water partition coefficient (Wildman–Crippen LogP) is 2.78. The van der Waals surface area contributed by atoms with E-state index in [1.165, 1.54) is 6.07 Å². The summed E-state index contributed by atoms with van der Waals surface area (Å²) >= 11 is 0. The molecule has 1 unspecified atom stereocenters. The monoisotopic (exact) mass is 224 g/mol. The highest BCUT2D eigenvalue weighted by molar-refractivity contribution is 5.51. The van der Waals surface area contributed by atoms with Crippen molar-refractivity contribution in [3.8, 4) is 0 Å². The van der Waals surface area contributed by atoms with Crippen LogP contribution in [0.25, 0.3) is 0 Å². The highest BCUT2D eigenvalue weighted by Crippen LogP contribution is 2.20. The van der Waals surface area contributed by atoms with Crippen molar-refractivity contribution in [2.75, 3.05) is 18.4 Å². The first kappa shape index (κ1) is 13.0. The molecule has 0 saturated heterocycles. The average Bonchev–Trinajstić information content (AvgIpc) is 2.22. The highest BCUT2D eigenvalue weighted by atomic mass is 19.1. The highest BCUT2D eigenvalue weighted by Gasteiger charge is 2.12. The Balaban J connectivity index is 2.67. The van der Waals surface area contributed by atoms with Crippen LogP contribution in [0.1, 0.15) is 19.4 Å². The summed E-state index contributed by atoms with van der Waals surface area (Å²) in [6.07, 6.45) is 0. The van der Waals surface area contributed by atoms with E-state index in [1.807, 2.05) is 13.0 Å². The molecule has 3 heteroatoms. The third-order valence-electron chi connectivity index (χ3n) is 3.01. The maximum Gasteiger partial charge on any atom is 0.146 e. The quantitative estimate of drug-likeness (QED) is 0.807. The van der Waals surface area contributed by atoms with E-state index >= 15 is 0 Å². The fraction of sp³-hybridized carbons (Fsp3) is 0.538. The van der Waals surface area contributed by atoms with Gasteiger partial charge in [0.15, 0.2) is 0 Å². The van der Waals surface area contributed by atoms with E-state index in [0.717, 1.165) is 12.1 Å². The lowest BCUT2D eigenvalue weighted by Crippen LogP contribution is -2.27. The molecule has 0 radical (unpaired) electrons. The molecule has 1 aromatic carbocycles. The van der Waals surface area contributed by atoms with Gasteiger partial charge in [-0.3, -0.25) is 0 Å². The van der Waals surface area contributed by atoms with E-state index in [2.05, 4.69) is 19.2 Å². The maximum atomic E-state index is 13.5. The van der Waals surface area contributed by atoms with E-state index in [1.54, 1.807) is 6.07 Å². The first-order valence-electron chi connectivity index (χ1n) is 5.75. The molecule has 2 nitrogen and oxygen atoms in total. The van der Waals surface area contributed by atoms with Crippen molar-refractivity contribution in [1.82, 2.24) is 0 Å². The molecule has 0 bridgehead atoms. The molecule has 1 aromatic rings. The standard InChI is InChI=1S/C13H21FN2/c1-9(2)11(7-15)8-16-13-10(3)5-4-6-12(13)14/h4-6,9,11,16H,7-8,15H2,1-3H3. The van der Waals surface area contributed by atoms with Crippen LogP contribution in [0.5, 0.6) is 0 Å². The summed E-state index contributed by atoms with van der Waals surface area (Å²) in [4.78, 5) is 0. The molecule has 3 N–H and O–H groups in total. The zero-order chi connectivity index (χ0) is 12.1. The van der Waals surface area contributed by atoms with Crippen LogP contribution in [0.2, 0.25) is 0 Å². The molecule has 0 aliphatic rings. The fourth-order valence-electron chi connectivity index (χ4n) is 1.68. The largest absolute Gasteiger partial charge is 0.382 e. The molecular weight excluding hydrogens is 203 g/mol. The van der Waals surface area contributed by atoms with Crippen LogP contribution in [0.4, 0.5) is 10.1 Å². The number of aryl methyl sites for hydroxylation is 1. The van der Waals surface area contributed by atoms with E-state index in [4.69, 9.17) is 5.73 Å². The number of anilines is 1. The topological polar surface area (TPSA) is 38.0 Å². The minimum Gasteiger partial charge on any atom is -0.382 e. The smallest absolute Gasteiger partial charge is 0.146 e. The first-order valence-corrected chi connectivity index (χ1v) is 5.75. The SMILES string of the molecule is Cc1cccc(F)c1NCC(CN)C(C)C. The number of halogens is 1. The number of benzene rings is 1. The van der Waals surface area contributed by atoms with Crippen molar-refractivity contribution >= 4 is 5.69 Å². The number of rotatable bonds is 5. The average molecular weight is 224 g/mol. The molecular formula is C13H21FN2. The van der Waals surface area contributed by atoms with Gasteiger partial charge in [0, 0.05) is 6.54 Å². The van der Waals surface area contributed by atoms with Crippen LogP contribution < -0.4 is 11.1 Å². The van der Waals surface area contributed by atoms with Gasteiger partial charge in [0.2, 0.25) is 0 Å². The van der Waals surface area contributed by atoms with Gasteiger partial charge < -0.3 is 11.1 Å². The van der Waals surface area contributed by atoms with Gasteiger partial charge in [0.1, 0.15) is 5.82 Å². The zero-order valence-corrected chi connectivity index (χ0v) is 10.3. The van der Waals surface area contributed by atoms with Crippen molar-refractivity contribution in [1.29, 1.82) is 0 Å². The number of nitrogens with two attached hydrogens (primary N) is 1. The summed E-state index contributed by atoms with van der Waals surface area (Å²) in [7, 11) is 0. The minimum absolute atomic E-state index is 0.195. The lowest BCUT2D eigenvalue weighted by atomic mass is 9.96. The van der Waals surface area contributed by atoms with Gasteiger partial charge in [-0.2, -0.15) is 0 Å². The Kier molecular flexibility index (Phi) is 4.74. The molecule has 90 valence electrons. The Hall–Kier alpha value is -1.09. The van der Waals surface area contributed by atoms with Crippen molar-refractivity contribution in [2.24, 2.45) is 17.6 Å². The first-order chi connectivity index (χ1) is 7.56. The molecule has 1 atom stereocenters. The van der Waals surface area contributed by atoms with Gasteiger partial charge in [0.05, 0.1) is 5.69 Å². The van der Waals surface area contributed by atoms with E-state index in [-0.39, 0.29) is 5.82 Å². The van der Waals surface area contributed by atoms with Gasteiger partial charge in [-0.25, -0.2) is 4.39 Å². The molecule has 0 saturated carbocycles. The van der Waals surface area contributed by atoms with E-state index in [9.17, 15) is 4.39 Å². The molecule has 0 aliphatic heterocycles. The van der Waals surface area contributed by atoms with Crippen LogP contribution in [0.3, 0.4) is 0 Å². The van der Waals surface area contributed by atoms with Crippen LogP contribution in [-0.4, -0.2) is 13.1 Å². The number of nitrogens with one attached hydrogen (secondary N) is 1. The van der Waals surface area contributed by atoms with Gasteiger partial charge in [-0.15, -0.1) is 0 Å². The Labute approximate surface area is 97.0 Å². The molecule has 0 fully saturated rings. The Morgan fingerprint density at radius 2 is 2.06 bits per heavy atom. The zero-order valence-electron chi connectivity index (χ0n) is 10.3. The fourth-order valence-corrected chi connectivity index (χ4v) is 1.68. The van der Waals surface area contributed by atoms with E-state index in [0.29, 0.717) is 24.1 Å². The normalized spacial score (nSPS) is 12.9. The van der Waals surface area contributed by atoms with Crippen LogP contribution in [0, 0.1) is 24.6 Å². The summed E-state index contributed by atoms with van der Waals surface area (Å²) in [5.74, 6) is 0.683. The van der Waals surface area contributed by atoms with Crippen molar-refractivity contribution in [3.05, 3.63) is 29.6 Å². The molecule has 0 aliphatic carbocycles. The lowest BCUT2D eigenvalue weighted by Gasteiger charge is -2.20. The van der Waals surface area contributed by atoms with Gasteiger partial charge in [-0.05, 0) is 36.9 Å². The minimum atomic E-state index is -0.195. The second kappa shape index (κ2) is 5.85. The van der Waals surface area contributed by atoms with Gasteiger partial charge in [0.25, 0.3) is 0 Å². The number of hydrogen-bond acceptors (Lipinski definition) is 2. The van der Waals surface area contributed by atoms with Crippen LogP contribution in [0.15, 0.2) is 18.2 Å². The Morgan fingerprint density at radius 1 is 1.38 bits per heavy atom. The third kappa shape index (κ3) is 3.20. The van der Waals surface area contributed by atoms with Crippen molar-refractivity contribution < 1.29 is 4.39 Å². The number of para-hydroxylation sites is 1. The molecule has 0 spiro atoms. The molecule has 0 amide bonds. The van der Waals surface area contributed by atoms with Crippen molar-refractivity contribution in [3.63, 3.8) is 0 Å². The van der Waals surface area contributed by atoms with Gasteiger partial charge >= 0.3 is 0 Å². The molecule has 0 aromatic heterocycles. The maximum absolute atomic E-state index is 13.5. The van der Waals surface area contributed by atoms with Gasteiger partial charge in [-0.1, -0.05) is 26.0 Å². The Morgan fingerprint density at radius 3 is 2.56 bits per heavy atom. The second-order valence-corrected chi connectivity index (χ2v) is 4.55. The van der Waals surface area contributed by atoms with Crippen molar-refractivity contribution in [2.45, 2.75) is 20.8 Å². The summed E-state index contributed by atoms with van der Waals surface area (Å²) in [5, 5.41) is 3.16. The second-order valence-electron chi connectivity index (χ2n) is 4.55. The summed E-state index contributed by atoms with van der Waals surface area (Å²) in [5.41, 5.74) is 7.21. The predicted molar refractivity (Wildman–Crippen MR) is 67.0 cm³/mol. The number of hydrogen-bond donors (Lipinski definition) is 2. The molecule has 1 rings (SSSR count). The summed E-state index contributed by atoms with van der Waals surface area (Å²) in [6, 6.07) is 5.10. The van der Waals surface area contributed by atoms with Crippen LogP contribution in [-0.2, 0) is 0 Å². The molecule has 16 heavy (non-hydrogen) atoms.